The molecule has 3 saturated heterocycles. The molecule has 3 fully saturated rings. The number of nitrogens with zero attached hydrogens (tertiary/aromatic N) is 3. The van der Waals surface area contributed by atoms with Gasteiger partial charge in [-0.05, 0) is 51.0 Å². The Hall–Kier alpha value is -2.41. The second kappa shape index (κ2) is 8.02. The summed E-state index contributed by atoms with van der Waals surface area (Å²) in [6, 6.07) is 7.68. The van der Waals surface area contributed by atoms with Gasteiger partial charge >= 0.3 is 0 Å². The Kier molecular flexibility index (Phi) is 5.23. The number of aromatic nitrogens is 2. The first-order valence-electron chi connectivity index (χ1n) is 11.3. The highest BCUT2D eigenvalue weighted by atomic mass is 16.5. The van der Waals surface area contributed by atoms with Crippen LogP contribution in [0.3, 0.4) is 0 Å². The van der Waals surface area contributed by atoms with Gasteiger partial charge in [0.05, 0.1) is 11.1 Å². The molecule has 0 aliphatic carbocycles. The lowest BCUT2D eigenvalue weighted by molar-refractivity contribution is -0.147. The number of ether oxygens (including phenoxy) is 1. The standard InChI is InChI=1S/C23H30N4O3/c28-21(27-14-10-23(11-15-27)9-3-4-16-30-23)17-7-12-26(13-8-17)22(29)20-18-5-1-2-6-19(18)24-25-20/h1-2,5-6,17H,3-4,7-16H2,(H,24,25). The van der Waals surface area contributed by atoms with Crippen molar-refractivity contribution in [3.63, 3.8) is 0 Å². The van der Waals surface area contributed by atoms with Crippen LogP contribution in [-0.2, 0) is 9.53 Å². The van der Waals surface area contributed by atoms with E-state index in [0.717, 1.165) is 69.1 Å². The summed E-state index contributed by atoms with van der Waals surface area (Å²) >= 11 is 0. The molecule has 0 radical (unpaired) electrons. The van der Waals surface area contributed by atoms with E-state index in [1.54, 1.807) is 0 Å². The zero-order valence-electron chi connectivity index (χ0n) is 17.4. The molecule has 1 spiro atoms. The van der Waals surface area contributed by atoms with E-state index in [9.17, 15) is 9.59 Å². The topological polar surface area (TPSA) is 78.5 Å². The van der Waals surface area contributed by atoms with E-state index in [4.69, 9.17) is 4.74 Å². The van der Waals surface area contributed by atoms with Crippen molar-refractivity contribution in [1.29, 1.82) is 0 Å². The first-order chi connectivity index (χ1) is 14.7. The van der Waals surface area contributed by atoms with Crippen LogP contribution in [0.25, 0.3) is 10.9 Å². The summed E-state index contributed by atoms with van der Waals surface area (Å²) in [5.74, 6) is 0.233. The monoisotopic (exact) mass is 410 g/mol. The van der Waals surface area contributed by atoms with Gasteiger partial charge in [-0.25, -0.2) is 0 Å². The van der Waals surface area contributed by atoms with Gasteiger partial charge in [0.25, 0.3) is 5.91 Å². The van der Waals surface area contributed by atoms with Crippen molar-refractivity contribution in [3.8, 4) is 0 Å². The minimum Gasteiger partial charge on any atom is -0.375 e. The number of hydrogen-bond donors (Lipinski definition) is 1. The Labute approximate surface area is 176 Å². The average molecular weight is 411 g/mol. The number of H-pyrrole nitrogens is 1. The van der Waals surface area contributed by atoms with Crippen LogP contribution in [0.15, 0.2) is 24.3 Å². The number of benzene rings is 1. The molecule has 1 N–H and O–H groups in total. The van der Waals surface area contributed by atoms with Gasteiger partial charge in [-0.15, -0.1) is 0 Å². The van der Waals surface area contributed by atoms with Crippen molar-refractivity contribution in [2.75, 3.05) is 32.8 Å². The molecule has 0 bridgehead atoms. The van der Waals surface area contributed by atoms with Crippen LogP contribution in [0, 0.1) is 5.92 Å². The first kappa shape index (κ1) is 19.5. The smallest absolute Gasteiger partial charge is 0.274 e. The predicted octanol–water partition coefficient (Wildman–Crippen LogP) is 2.98. The Morgan fingerprint density at radius 3 is 2.50 bits per heavy atom. The van der Waals surface area contributed by atoms with Crippen LogP contribution in [0.5, 0.6) is 0 Å². The second-order valence-corrected chi connectivity index (χ2v) is 9.00. The summed E-state index contributed by atoms with van der Waals surface area (Å²) in [7, 11) is 0. The fourth-order valence-corrected chi connectivity index (χ4v) is 5.30. The lowest BCUT2D eigenvalue weighted by Crippen LogP contribution is -2.52. The summed E-state index contributed by atoms with van der Waals surface area (Å²) in [6.45, 7) is 3.69. The maximum Gasteiger partial charge on any atom is 0.274 e. The van der Waals surface area contributed by atoms with E-state index in [-0.39, 0.29) is 23.3 Å². The minimum atomic E-state index is -0.0484. The minimum absolute atomic E-state index is 0.0197. The van der Waals surface area contributed by atoms with Crippen LogP contribution in [0.4, 0.5) is 0 Å². The van der Waals surface area contributed by atoms with E-state index in [0.29, 0.717) is 18.8 Å². The third kappa shape index (κ3) is 3.60. The molecule has 0 saturated carbocycles. The Morgan fingerprint density at radius 2 is 1.77 bits per heavy atom. The summed E-state index contributed by atoms with van der Waals surface area (Å²) in [5, 5.41) is 8.02. The highest BCUT2D eigenvalue weighted by Gasteiger charge is 2.39. The molecule has 4 heterocycles. The van der Waals surface area contributed by atoms with Gasteiger partial charge in [-0.3, -0.25) is 14.7 Å². The fourth-order valence-electron chi connectivity index (χ4n) is 5.30. The number of piperidine rings is 2. The van der Waals surface area contributed by atoms with E-state index in [1.807, 2.05) is 34.1 Å². The third-order valence-corrected chi connectivity index (χ3v) is 7.23. The largest absolute Gasteiger partial charge is 0.375 e. The lowest BCUT2D eigenvalue weighted by Gasteiger charge is -2.45. The zero-order valence-corrected chi connectivity index (χ0v) is 17.4. The number of fused-ring (bicyclic) bond motifs is 1. The van der Waals surface area contributed by atoms with E-state index in [1.165, 1.54) is 6.42 Å². The van der Waals surface area contributed by atoms with Gasteiger partial charge in [0.2, 0.25) is 5.91 Å². The summed E-state index contributed by atoms with van der Waals surface area (Å²) in [6.07, 6.45) is 6.92. The Balaban J connectivity index is 1.16. The van der Waals surface area contributed by atoms with Crippen LogP contribution in [0.1, 0.15) is 55.4 Å². The molecular formula is C23H30N4O3. The zero-order chi connectivity index (χ0) is 20.6. The van der Waals surface area contributed by atoms with Crippen molar-refractivity contribution in [3.05, 3.63) is 30.0 Å². The number of amides is 2. The van der Waals surface area contributed by atoms with E-state index < -0.39 is 0 Å². The molecule has 30 heavy (non-hydrogen) atoms. The molecule has 7 nitrogen and oxygen atoms in total. The normalized spacial score (nSPS) is 22.5. The highest BCUT2D eigenvalue weighted by molar-refractivity contribution is 6.04. The van der Waals surface area contributed by atoms with Gasteiger partial charge < -0.3 is 14.5 Å². The van der Waals surface area contributed by atoms with Crippen molar-refractivity contribution in [1.82, 2.24) is 20.0 Å². The number of carbonyl (C=O) groups is 2. The number of aromatic amines is 1. The van der Waals surface area contributed by atoms with Gasteiger partial charge in [0, 0.05) is 44.1 Å². The van der Waals surface area contributed by atoms with Crippen LogP contribution >= 0.6 is 0 Å². The molecule has 0 atom stereocenters. The predicted molar refractivity (Wildman–Crippen MR) is 113 cm³/mol. The molecule has 0 unspecified atom stereocenters. The Morgan fingerprint density at radius 1 is 1.00 bits per heavy atom. The van der Waals surface area contributed by atoms with Gasteiger partial charge in [-0.1, -0.05) is 18.2 Å². The van der Waals surface area contributed by atoms with Gasteiger partial charge in [0.15, 0.2) is 5.69 Å². The highest BCUT2D eigenvalue weighted by Crippen LogP contribution is 2.35. The van der Waals surface area contributed by atoms with Crippen molar-refractivity contribution in [2.24, 2.45) is 5.92 Å². The molecule has 2 amide bonds. The molecule has 5 rings (SSSR count). The molecule has 7 heteroatoms. The van der Waals surface area contributed by atoms with E-state index >= 15 is 0 Å². The summed E-state index contributed by atoms with van der Waals surface area (Å²) < 4.78 is 6.10. The molecular weight excluding hydrogens is 380 g/mol. The number of hydrogen-bond acceptors (Lipinski definition) is 4. The average Bonchev–Trinajstić information content (AvgIpc) is 3.24. The number of rotatable bonds is 2. The van der Waals surface area contributed by atoms with Gasteiger partial charge in [-0.2, -0.15) is 5.10 Å². The van der Waals surface area contributed by atoms with Crippen molar-refractivity contribution in [2.45, 2.75) is 50.5 Å². The van der Waals surface area contributed by atoms with Gasteiger partial charge in [0.1, 0.15) is 0 Å². The summed E-state index contributed by atoms with van der Waals surface area (Å²) in [4.78, 5) is 29.9. The lowest BCUT2D eigenvalue weighted by atomic mass is 9.84. The summed E-state index contributed by atoms with van der Waals surface area (Å²) in [5.41, 5.74) is 1.37. The Bertz CT molecular complexity index is 915. The third-order valence-electron chi connectivity index (χ3n) is 7.23. The molecule has 3 aliphatic heterocycles. The van der Waals surface area contributed by atoms with Crippen molar-refractivity contribution >= 4 is 22.7 Å². The molecule has 1 aromatic heterocycles. The van der Waals surface area contributed by atoms with Crippen LogP contribution in [-0.4, -0.2) is 70.2 Å². The second-order valence-electron chi connectivity index (χ2n) is 9.00. The fraction of sp³-hybridized carbons (Fsp3) is 0.609. The number of nitrogens with one attached hydrogen (secondary N) is 1. The molecule has 2 aromatic rings. The van der Waals surface area contributed by atoms with E-state index in [2.05, 4.69) is 10.2 Å². The maximum atomic E-state index is 13.1. The molecule has 1 aromatic carbocycles. The molecule has 160 valence electrons. The quantitative estimate of drug-likeness (QED) is 0.826. The molecule has 3 aliphatic rings. The van der Waals surface area contributed by atoms with Crippen molar-refractivity contribution < 1.29 is 14.3 Å². The first-order valence-corrected chi connectivity index (χ1v) is 11.3. The van der Waals surface area contributed by atoms with Crippen LogP contribution in [0.2, 0.25) is 0 Å². The number of carbonyl (C=O) groups excluding carboxylic acids is 2. The van der Waals surface area contributed by atoms with Crippen LogP contribution < -0.4 is 0 Å². The SMILES string of the molecule is O=C(c1n[nH]c2ccccc12)N1CCC(C(=O)N2CCC3(CCCCO3)CC2)CC1. The maximum absolute atomic E-state index is 13.1. The number of likely N-dealkylation sites (tertiary alicyclic amines) is 2. The number of para-hydroxylation sites is 1.